The Morgan fingerprint density at radius 1 is 0.687 bits per heavy atom. The normalized spacial score (nSPS) is 25.6. The minimum atomic E-state index is -1.22. The molecule has 6 fully saturated rings. The Kier molecular flexibility index (Phi) is 11.6. The second-order valence-electron chi connectivity index (χ2n) is 18.8. The fourth-order valence-corrected chi connectivity index (χ4v) is 11.7. The standard InChI is InChI=1S/C48H51Cl2N9O8/c1-65-48(64)55-39(26-12-16-67-17-13-26)46(61)59-34-20-29(34)21-35(59)43-52-37(41(49)56-43)24-4-2-23(3-5-24)27-6-8-31-28(18-27)7-9-32(51-31)40-42(50)57-44(53-40)36-22-30-19-33(30)58(36)45(60)38(54-47(62)63)25-10-14-66-15-11-25/h2-9,18,25-26,29-30,33-36,38-39,54H,10-17,19-22H2,1H3,(H,52,56)(H,53,57)(H,55,64)(H,62,63)/t29-,30+,33+,34+,35-,36-,38-,39-/m0/s1. The Bertz CT molecular complexity index is 2740. The van der Waals surface area contributed by atoms with Crippen molar-refractivity contribution in [3.05, 3.63) is 76.6 Å². The minimum Gasteiger partial charge on any atom is -0.465 e. The van der Waals surface area contributed by atoms with Gasteiger partial charge in [-0.3, -0.25) is 9.59 Å². The molecule has 2 aromatic carbocycles. The van der Waals surface area contributed by atoms with Crippen LogP contribution in [0.3, 0.4) is 0 Å². The third-order valence-electron chi connectivity index (χ3n) is 14.9. The summed E-state index contributed by atoms with van der Waals surface area (Å²) in [6, 6.07) is 15.9. The van der Waals surface area contributed by atoms with E-state index in [0.29, 0.717) is 97.8 Å². The van der Waals surface area contributed by atoms with E-state index in [0.717, 1.165) is 53.3 Å². The smallest absolute Gasteiger partial charge is 0.407 e. The Balaban J connectivity index is 0.790. The summed E-state index contributed by atoms with van der Waals surface area (Å²) < 4.78 is 16.0. The highest BCUT2D eigenvalue weighted by Gasteiger charge is 2.58. The molecule has 0 radical (unpaired) electrons. The van der Waals surface area contributed by atoms with Crippen molar-refractivity contribution in [3.63, 3.8) is 0 Å². The van der Waals surface area contributed by atoms with E-state index < -0.39 is 24.3 Å². The number of nitrogens with zero attached hydrogens (tertiary/aromatic N) is 5. The Labute approximate surface area is 395 Å². The number of fused-ring (bicyclic) bond motifs is 3. The number of nitrogens with one attached hydrogen (secondary N) is 4. The summed E-state index contributed by atoms with van der Waals surface area (Å²) in [5.41, 5.74) is 5.42. The zero-order valence-corrected chi connectivity index (χ0v) is 38.3. The van der Waals surface area contributed by atoms with Crippen LogP contribution in [0.2, 0.25) is 10.3 Å². The van der Waals surface area contributed by atoms with E-state index in [1.54, 1.807) is 0 Å². The van der Waals surface area contributed by atoms with Gasteiger partial charge in [0.25, 0.3) is 0 Å². The second kappa shape index (κ2) is 17.7. The van der Waals surface area contributed by atoms with Gasteiger partial charge in [-0.1, -0.05) is 59.6 Å². The van der Waals surface area contributed by atoms with Crippen LogP contribution < -0.4 is 10.6 Å². The summed E-state index contributed by atoms with van der Waals surface area (Å²) >= 11 is 13.6. The lowest BCUT2D eigenvalue weighted by atomic mass is 9.90. The third kappa shape index (κ3) is 8.37. The van der Waals surface area contributed by atoms with Crippen LogP contribution in [0.15, 0.2) is 54.6 Å². The molecule has 6 aliphatic rings. The van der Waals surface area contributed by atoms with Crippen molar-refractivity contribution in [1.82, 2.24) is 45.4 Å². The lowest BCUT2D eigenvalue weighted by Crippen LogP contribution is -2.54. The number of carbonyl (C=O) groups is 4. The van der Waals surface area contributed by atoms with Crippen molar-refractivity contribution in [2.24, 2.45) is 23.7 Å². The van der Waals surface area contributed by atoms with Crippen LogP contribution in [0.1, 0.15) is 75.1 Å². The molecule has 3 aromatic heterocycles. The van der Waals surface area contributed by atoms with Crippen LogP contribution in [-0.2, 0) is 23.8 Å². The number of rotatable bonds is 11. The number of amides is 4. The van der Waals surface area contributed by atoms with Crippen LogP contribution in [-0.4, -0.2) is 122 Å². The van der Waals surface area contributed by atoms with Gasteiger partial charge in [-0.05, 0) is 104 Å². The van der Waals surface area contributed by atoms with Gasteiger partial charge >= 0.3 is 12.2 Å². The molecule has 5 aromatic rings. The molecule has 7 heterocycles. The molecule has 19 heteroatoms. The lowest BCUT2D eigenvalue weighted by Gasteiger charge is -2.35. The highest BCUT2D eigenvalue weighted by atomic mass is 35.5. The first kappa shape index (κ1) is 43.8. The van der Waals surface area contributed by atoms with Gasteiger partial charge in [0.1, 0.15) is 29.4 Å². The van der Waals surface area contributed by atoms with Gasteiger partial charge in [-0.2, -0.15) is 0 Å². The van der Waals surface area contributed by atoms with Crippen LogP contribution in [0.4, 0.5) is 9.59 Å². The van der Waals surface area contributed by atoms with E-state index in [1.165, 1.54) is 7.11 Å². The van der Waals surface area contributed by atoms with Crippen molar-refractivity contribution in [2.75, 3.05) is 33.5 Å². The number of hydrogen-bond donors (Lipinski definition) is 5. The Morgan fingerprint density at radius 3 is 1.78 bits per heavy atom. The van der Waals surface area contributed by atoms with E-state index in [-0.39, 0.29) is 53.0 Å². The van der Waals surface area contributed by atoms with E-state index in [1.807, 2.05) is 58.3 Å². The van der Waals surface area contributed by atoms with E-state index >= 15 is 0 Å². The summed E-state index contributed by atoms with van der Waals surface area (Å²) in [5, 5.41) is 16.5. The second-order valence-corrected chi connectivity index (χ2v) is 19.5. The number of likely N-dealkylation sites (tertiary alicyclic amines) is 2. The van der Waals surface area contributed by atoms with Gasteiger partial charge in [-0.15, -0.1) is 0 Å². The molecule has 5 N–H and O–H groups in total. The van der Waals surface area contributed by atoms with Crippen molar-refractivity contribution in [3.8, 4) is 33.8 Å². The number of imidazole rings is 2. The largest absolute Gasteiger partial charge is 0.465 e. The molecule has 67 heavy (non-hydrogen) atoms. The number of hydrogen-bond acceptors (Lipinski definition) is 10. The number of pyridine rings is 1. The van der Waals surface area contributed by atoms with Gasteiger partial charge in [-0.25, -0.2) is 24.5 Å². The average Bonchev–Trinajstić information content (AvgIpc) is 4.06. The zero-order valence-electron chi connectivity index (χ0n) is 36.8. The molecule has 4 saturated heterocycles. The molecule has 2 aliphatic carbocycles. The molecular weight excluding hydrogens is 901 g/mol. The maximum Gasteiger partial charge on any atom is 0.407 e. The first-order chi connectivity index (χ1) is 32.5. The molecular formula is C48H51Cl2N9O8. The number of aromatic nitrogens is 5. The summed E-state index contributed by atoms with van der Waals surface area (Å²) in [5.74, 6) is 1.33. The molecule has 0 unspecified atom stereocenters. The molecule has 11 rings (SSSR count). The van der Waals surface area contributed by atoms with E-state index in [4.69, 9.17) is 52.4 Å². The predicted molar refractivity (Wildman–Crippen MR) is 246 cm³/mol. The average molecular weight is 953 g/mol. The number of halogens is 2. The number of H-pyrrole nitrogens is 2. The quantitative estimate of drug-likeness (QED) is 0.0872. The van der Waals surface area contributed by atoms with E-state index in [2.05, 4.69) is 26.7 Å². The molecule has 4 aliphatic heterocycles. The molecule has 4 amide bonds. The number of aromatic amines is 2. The van der Waals surface area contributed by atoms with Crippen molar-refractivity contribution < 1.29 is 38.5 Å². The first-order valence-electron chi connectivity index (χ1n) is 23.2. The minimum absolute atomic E-state index is 0.0425. The summed E-state index contributed by atoms with van der Waals surface area (Å²) in [6.07, 6.45) is 4.00. The maximum absolute atomic E-state index is 14.3. The Morgan fingerprint density at radius 2 is 1.21 bits per heavy atom. The monoisotopic (exact) mass is 951 g/mol. The SMILES string of the molecule is COC(=O)N[C@H](C(=O)N1[C@@H]2C[C@H]2C[C@H]1c1nc(Cl)c(-c2ccc(-c3ccc4nc(-c5[nH]c([C@@H]6C[C@H]7C[C@H]7N6C(=O)[C@@H](NC(=O)O)C6CCOCC6)nc5Cl)ccc4c3)cc2)[nH]1)C1CCOCC1. The fourth-order valence-electron chi connectivity index (χ4n) is 11.2. The first-order valence-corrected chi connectivity index (χ1v) is 23.9. The van der Waals surface area contributed by atoms with Crippen molar-refractivity contribution >= 4 is 58.1 Å². The molecule has 17 nitrogen and oxygen atoms in total. The van der Waals surface area contributed by atoms with Gasteiger partial charge in [0, 0.05) is 49.5 Å². The van der Waals surface area contributed by atoms with Crippen molar-refractivity contribution in [1.29, 1.82) is 0 Å². The topological polar surface area (TPSA) is 217 Å². The summed E-state index contributed by atoms with van der Waals surface area (Å²) in [6.45, 7) is 2.06. The zero-order chi connectivity index (χ0) is 46.1. The van der Waals surface area contributed by atoms with Gasteiger partial charge in [0.2, 0.25) is 11.8 Å². The van der Waals surface area contributed by atoms with Crippen LogP contribution in [0.5, 0.6) is 0 Å². The number of piperidine rings is 2. The number of methoxy groups -OCH3 is 1. The van der Waals surface area contributed by atoms with Crippen molar-refractivity contribution in [2.45, 2.75) is 87.6 Å². The van der Waals surface area contributed by atoms with Crippen LogP contribution in [0.25, 0.3) is 44.7 Å². The fraction of sp³-hybridized carbons (Fsp3) is 0.479. The lowest BCUT2D eigenvalue weighted by molar-refractivity contribution is -0.138. The molecule has 0 spiro atoms. The van der Waals surface area contributed by atoms with Gasteiger partial charge < -0.3 is 49.7 Å². The number of carboxylic acid groups (broad SMARTS) is 1. The van der Waals surface area contributed by atoms with E-state index in [9.17, 15) is 24.3 Å². The molecule has 2 saturated carbocycles. The summed E-state index contributed by atoms with van der Waals surface area (Å²) in [7, 11) is 1.30. The number of alkyl carbamates (subject to hydrolysis) is 1. The van der Waals surface area contributed by atoms with Crippen LogP contribution in [0, 0.1) is 23.7 Å². The third-order valence-corrected chi connectivity index (χ3v) is 15.4. The molecule has 0 bridgehead atoms. The highest BCUT2D eigenvalue weighted by molar-refractivity contribution is 6.32. The molecule has 350 valence electrons. The van der Waals surface area contributed by atoms with Gasteiger partial charge in [0.05, 0.1) is 36.1 Å². The highest BCUT2D eigenvalue weighted by Crippen LogP contribution is 2.55. The van der Waals surface area contributed by atoms with Gasteiger partial charge in [0.15, 0.2) is 10.3 Å². The number of carbonyl (C=O) groups excluding carboxylic acids is 3. The Hall–Kier alpha value is -5.75. The molecule has 8 atom stereocenters. The number of benzene rings is 2. The maximum atomic E-state index is 14.3. The predicted octanol–water partition coefficient (Wildman–Crippen LogP) is 7.53. The van der Waals surface area contributed by atoms with Crippen LogP contribution >= 0.6 is 23.2 Å². The summed E-state index contributed by atoms with van der Waals surface area (Å²) in [4.78, 5) is 77.6. The number of ether oxygens (including phenoxy) is 3.